The van der Waals surface area contributed by atoms with Crippen molar-refractivity contribution >= 4 is 28.9 Å². The van der Waals surface area contributed by atoms with Crippen LogP contribution in [-0.2, 0) is 0 Å². The number of aldehydes is 1. The van der Waals surface area contributed by atoms with Gasteiger partial charge < -0.3 is 4.74 Å². The number of pyridine rings is 1. The van der Waals surface area contributed by atoms with Crippen LogP contribution >= 0.6 is 22.6 Å². The first kappa shape index (κ1) is 11.1. The molecule has 0 N–H and O–H groups in total. The van der Waals surface area contributed by atoms with E-state index in [4.69, 9.17) is 4.74 Å². The number of aromatic nitrogens is 1. The second kappa shape index (κ2) is 5.07. The molecule has 1 heterocycles. The van der Waals surface area contributed by atoms with Crippen LogP contribution in [0.3, 0.4) is 0 Å². The summed E-state index contributed by atoms with van der Waals surface area (Å²) in [6.45, 7) is 0. The number of halogens is 1. The van der Waals surface area contributed by atoms with E-state index in [1.54, 1.807) is 12.3 Å². The van der Waals surface area contributed by atoms with Crippen LogP contribution in [0.5, 0.6) is 11.5 Å². The number of nitrogens with zero attached hydrogens (tertiary/aromatic N) is 1. The molecule has 2 aromatic rings. The van der Waals surface area contributed by atoms with Crippen molar-refractivity contribution in [2.24, 2.45) is 0 Å². The number of carbonyl (C=O) groups excluding carboxylic acids is 1. The SMILES string of the molecule is O=Cc1cncc(Oc2ccccc2I)c1. The zero-order chi connectivity index (χ0) is 11.4. The highest BCUT2D eigenvalue weighted by Crippen LogP contribution is 2.25. The average molecular weight is 325 g/mol. The van der Waals surface area contributed by atoms with Gasteiger partial charge in [-0.2, -0.15) is 0 Å². The summed E-state index contributed by atoms with van der Waals surface area (Å²) in [6, 6.07) is 9.31. The van der Waals surface area contributed by atoms with Crippen molar-refractivity contribution in [3.63, 3.8) is 0 Å². The molecule has 0 saturated carbocycles. The van der Waals surface area contributed by atoms with Gasteiger partial charge in [-0.1, -0.05) is 12.1 Å². The van der Waals surface area contributed by atoms with Crippen molar-refractivity contribution in [3.05, 3.63) is 51.9 Å². The lowest BCUT2D eigenvalue weighted by Crippen LogP contribution is -1.89. The van der Waals surface area contributed by atoms with Crippen molar-refractivity contribution in [1.29, 1.82) is 0 Å². The lowest BCUT2D eigenvalue weighted by Gasteiger charge is -2.06. The molecule has 0 spiro atoms. The van der Waals surface area contributed by atoms with E-state index in [9.17, 15) is 4.79 Å². The van der Waals surface area contributed by atoms with Crippen molar-refractivity contribution in [2.75, 3.05) is 0 Å². The third-order valence-electron chi connectivity index (χ3n) is 1.93. The van der Waals surface area contributed by atoms with Gasteiger partial charge >= 0.3 is 0 Å². The minimum absolute atomic E-state index is 0.503. The predicted octanol–water partition coefficient (Wildman–Crippen LogP) is 3.29. The predicted molar refractivity (Wildman–Crippen MR) is 68.9 cm³/mol. The normalized spacial score (nSPS) is 9.81. The van der Waals surface area contributed by atoms with E-state index in [-0.39, 0.29) is 0 Å². The second-order valence-corrected chi connectivity index (χ2v) is 4.27. The molecule has 16 heavy (non-hydrogen) atoms. The Kier molecular flexibility index (Phi) is 3.51. The summed E-state index contributed by atoms with van der Waals surface area (Å²) >= 11 is 2.19. The van der Waals surface area contributed by atoms with E-state index < -0.39 is 0 Å². The smallest absolute Gasteiger partial charge is 0.151 e. The lowest BCUT2D eigenvalue weighted by atomic mass is 10.3. The molecule has 1 aromatic carbocycles. The van der Waals surface area contributed by atoms with Crippen LogP contribution in [0, 0.1) is 3.57 Å². The van der Waals surface area contributed by atoms with Crippen LogP contribution in [0.4, 0.5) is 0 Å². The third-order valence-corrected chi connectivity index (χ3v) is 2.83. The highest BCUT2D eigenvalue weighted by molar-refractivity contribution is 14.1. The van der Waals surface area contributed by atoms with Crippen molar-refractivity contribution in [3.8, 4) is 11.5 Å². The van der Waals surface area contributed by atoms with Crippen LogP contribution in [0.25, 0.3) is 0 Å². The first-order valence-electron chi connectivity index (χ1n) is 4.62. The standard InChI is InChI=1S/C12H8INO2/c13-11-3-1-2-4-12(11)16-10-5-9(8-15)6-14-7-10/h1-8H. The van der Waals surface area contributed by atoms with Crippen molar-refractivity contribution in [1.82, 2.24) is 4.98 Å². The Morgan fingerprint density at radius 1 is 1.25 bits per heavy atom. The summed E-state index contributed by atoms with van der Waals surface area (Å²) in [5, 5.41) is 0. The van der Waals surface area contributed by atoms with Gasteiger partial charge in [-0.25, -0.2) is 0 Å². The van der Waals surface area contributed by atoms with Crippen molar-refractivity contribution < 1.29 is 9.53 Å². The van der Waals surface area contributed by atoms with Gasteiger partial charge in [-0.05, 0) is 40.8 Å². The number of benzene rings is 1. The molecule has 0 bridgehead atoms. The number of hydrogen-bond acceptors (Lipinski definition) is 3. The Morgan fingerprint density at radius 3 is 2.81 bits per heavy atom. The average Bonchev–Trinajstić information content (AvgIpc) is 2.32. The Bertz CT molecular complexity index is 514. The van der Waals surface area contributed by atoms with Crippen LogP contribution in [-0.4, -0.2) is 11.3 Å². The van der Waals surface area contributed by atoms with E-state index in [1.165, 1.54) is 6.20 Å². The number of ether oxygens (including phenoxy) is 1. The minimum Gasteiger partial charge on any atom is -0.455 e. The van der Waals surface area contributed by atoms with E-state index in [0.717, 1.165) is 15.6 Å². The third kappa shape index (κ3) is 2.57. The first-order chi connectivity index (χ1) is 7.79. The Balaban J connectivity index is 2.27. The molecule has 0 aliphatic rings. The summed E-state index contributed by atoms with van der Waals surface area (Å²) < 4.78 is 6.63. The molecular formula is C12H8INO2. The number of para-hydroxylation sites is 1. The largest absolute Gasteiger partial charge is 0.455 e. The zero-order valence-corrected chi connectivity index (χ0v) is 10.4. The Morgan fingerprint density at radius 2 is 2.06 bits per heavy atom. The van der Waals surface area contributed by atoms with Gasteiger partial charge in [0.15, 0.2) is 6.29 Å². The molecule has 0 radical (unpaired) electrons. The molecule has 0 unspecified atom stereocenters. The Labute approximate surface area is 107 Å². The first-order valence-corrected chi connectivity index (χ1v) is 5.70. The summed E-state index contributed by atoms with van der Waals surface area (Å²) in [4.78, 5) is 14.5. The van der Waals surface area contributed by atoms with E-state index >= 15 is 0 Å². The van der Waals surface area contributed by atoms with E-state index in [1.807, 2.05) is 24.3 Å². The highest BCUT2D eigenvalue weighted by Gasteiger charge is 2.02. The fourth-order valence-corrected chi connectivity index (χ4v) is 1.71. The molecule has 0 atom stereocenters. The van der Waals surface area contributed by atoms with Crippen molar-refractivity contribution in [2.45, 2.75) is 0 Å². The van der Waals surface area contributed by atoms with Gasteiger partial charge in [0.25, 0.3) is 0 Å². The summed E-state index contributed by atoms with van der Waals surface area (Å²) in [5.41, 5.74) is 0.503. The van der Waals surface area contributed by atoms with Gasteiger partial charge in [-0.3, -0.25) is 9.78 Å². The molecule has 3 nitrogen and oxygen atoms in total. The van der Waals surface area contributed by atoms with Gasteiger partial charge in [0.05, 0.1) is 9.77 Å². The summed E-state index contributed by atoms with van der Waals surface area (Å²) in [7, 11) is 0. The van der Waals surface area contributed by atoms with Gasteiger partial charge in [0.1, 0.15) is 11.5 Å². The molecule has 0 saturated heterocycles. The topological polar surface area (TPSA) is 39.2 Å². The lowest BCUT2D eigenvalue weighted by molar-refractivity contribution is 0.112. The molecule has 0 amide bonds. The van der Waals surface area contributed by atoms with E-state index in [2.05, 4.69) is 27.6 Å². The summed E-state index contributed by atoms with van der Waals surface area (Å²) in [6.07, 6.45) is 3.82. The van der Waals surface area contributed by atoms with Crippen LogP contribution < -0.4 is 4.74 Å². The van der Waals surface area contributed by atoms with Crippen LogP contribution in [0.1, 0.15) is 10.4 Å². The monoisotopic (exact) mass is 325 g/mol. The maximum Gasteiger partial charge on any atom is 0.151 e. The van der Waals surface area contributed by atoms with Crippen LogP contribution in [0.15, 0.2) is 42.7 Å². The quantitative estimate of drug-likeness (QED) is 0.642. The number of rotatable bonds is 3. The molecule has 80 valence electrons. The molecule has 0 fully saturated rings. The molecule has 4 heteroatoms. The highest BCUT2D eigenvalue weighted by atomic mass is 127. The number of hydrogen-bond donors (Lipinski definition) is 0. The molecule has 1 aromatic heterocycles. The minimum atomic E-state index is 0.503. The molecule has 0 aliphatic carbocycles. The second-order valence-electron chi connectivity index (χ2n) is 3.10. The van der Waals surface area contributed by atoms with E-state index in [0.29, 0.717) is 11.3 Å². The maximum atomic E-state index is 10.6. The summed E-state index contributed by atoms with van der Waals surface area (Å²) in [5.74, 6) is 1.32. The maximum absolute atomic E-state index is 10.6. The van der Waals surface area contributed by atoms with Gasteiger partial charge in [0, 0.05) is 11.8 Å². The molecule has 0 aliphatic heterocycles. The molecule has 2 rings (SSSR count). The molecular weight excluding hydrogens is 317 g/mol. The zero-order valence-electron chi connectivity index (χ0n) is 8.26. The van der Waals surface area contributed by atoms with Gasteiger partial charge in [-0.15, -0.1) is 0 Å². The Hall–Kier alpha value is -1.43. The fraction of sp³-hybridized carbons (Fsp3) is 0. The fourth-order valence-electron chi connectivity index (χ4n) is 1.21. The van der Waals surface area contributed by atoms with Gasteiger partial charge in [0.2, 0.25) is 0 Å². The van der Waals surface area contributed by atoms with Crippen LogP contribution in [0.2, 0.25) is 0 Å². The number of carbonyl (C=O) groups is 1.